The highest BCUT2D eigenvalue weighted by Gasteiger charge is 2.20. The number of nitrogens with two attached hydrogens (primary N) is 1. The Bertz CT molecular complexity index is 707. The van der Waals surface area contributed by atoms with E-state index in [1.807, 2.05) is 0 Å². The van der Waals surface area contributed by atoms with E-state index in [1.54, 1.807) is 0 Å². The van der Waals surface area contributed by atoms with Crippen LogP contribution < -0.4 is 11.1 Å². The van der Waals surface area contributed by atoms with Crippen molar-refractivity contribution in [1.82, 2.24) is 4.90 Å². The molecule has 0 spiro atoms. The van der Waals surface area contributed by atoms with Crippen molar-refractivity contribution < 1.29 is 8.42 Å². The standard InChI is InChI=1S/C17H26N4O2S.HI/c18-17(19-8-9-21-10-12-24(22,23)13-11-21)20-16-7-3-5-14-4-1-2-6-15(14)16;/h3,5,7H,1-2,4,6,8-13H2,(H3,18,19,20);1H. The number of aliphatic imine (C=N–C) groups is 1. The summed E-state index contributed by atoms with van der Waals surface area (Å²) in [4.78, 5) is 6.52. The van der Waals surface area contributed by atoms with Gasteiger partial charge < -0.3 is 11.1 Å². The van der Waals surface area contributed by atoms with Gasteiger partial charge in [-0.15, -0.1) is 24.0 Å². The minimum Gasteiger partial charge on any atom is -0.370 e. The normalized spacial score (nSPS) is 20.4. The van der Waals surface area contributed by atoms with Crippen molar-refractivity contribution in [3.63, 3.8) is 0 Å². The molecule has 8 heteroatoms. The average molecular weight is 478 g/mol. The third kappa shape index (κ3) is 5.82. The predicted octanol–water partition coefficient (Wildman–Crippen LogP) is 1.64. The second-order valence-corrected chi connectivity index (χ2v) is 8.84. The summed E-state index contributed by atoms with van der Waals surface area (Å²) in [5, 5.41) is 3.23. The number of benzene rings is 1. The maximum Gasteiger partial charge on any atom is 0.193 e. The van der Waals surface area contributed by atoms with Crippen molar-refractivity contribution in [2.75, 3.05) is 43.0 Å². The maximum absolute atomic E-state index is 11.4. The van der Waals surface area contributed by atoms with Gasteiger partial charge in [0, 0.05) is 25.3 Å². The summed E-state index contributed by atoms with van der Waals surface area (Å²) in [6.07, 6.45) is 4.71. The quantitative estimate of drug-likeness (QED) is 0.391. The second kappa shape index (κ2) is 9.18. The smallest absolute Gasteiger partial charge is 0.193 e. The van der Waals surface area contributed by atoms with Crippen LogP contribution in [0.1, 0.15) is 24.0 Å². The molecule has 1 aromatic carbocycles. The Morgan fingerprint density at radius 1 is 1.20 bits per heavy atom. The van der Waals surface area contributed by atoms with Crippen molar-refractivity contribution >= 4 is 45.5 Å². The molecule has 1 aliphatic heterocycles. The fraction of sp³-hybridized carbons (Fsp3) is 0.588. The molecular weight excluding hydrogens is 451 g/mol. The lowest BCUT2D eigenvalue weighted by atomic mass is 9.90. The van der Waals surface area contributed by atoms with Gasteiger partial charge in [-0.05, 0) is 42.9 Å². The van der Waals surface area contributed by atoms with Crippen molar-refractivity contribution in [3.8, 4) is 0 Å². The molecule has 0 saturated carbocycles. The Morgan fingerprint density at radius 2 is 1.92 bits per heavy atom. The van der Waals surface area contributed by atoms with Gasteiger partial charge in [-0.25, -0.2) is 8.42 Å². The van der Waals surface area contributed by atoms with Gasteiger partial charge in [-0.3, -0.25) is 9.89 Å². The zero-order valence-electron chi connectivity index (χ0n) is 14.4. The highest BCUT2D eigenvalue weighted by Crippen LogP contribution is 2.27. The van der Waals surface area contributed by atoms with Gasteiger partial charge in [0.1, 0.15) is 0 Å². The molecule has 1 aliphatic carbocycles. The zero-order chi connectivity index (χ0) is 17.0. The van der Waals surface area contributed by atoms with Gasteiger partial charge in [0.05, 0.1) is 18.1 Å². The molecule has 0 atom stereocenters. The molecule has 25 heavy (non-hydrogen) atoms. The van der Waals surface area contributed by atoms with Gasteiger partial charge >= 0.3 is 0 Å². The third-order valence-corrected chi connectivity index (χ3v) is 6.40. The summed E-state index contributed by atoms with van der Waals surface area (Å²) in [7, 11) is -2.82. The van der Waals surface area contributed by atoms with E-state index in [-0.39, 0.29) is 35.5 Å². The Balaban J connectivity index is 0.00000225. The van der Waals surface area contributed by atoms with Crippen molar-refractivity contribution in [3.05, 3.63) is 29.3 Å². The highest BCUT2D eigenvalue weighted by atomic mass is 127. The molecule has 2 aliphatic rings. The van der Waals surface area contributed by atoms with Gasteiger partial charge in [-0.1, -0.05) is 12.1 Å². The number of aryl methyl sites for hydroxylation is 1. The molecule has 3 N–H and O–H groups in total. The minimum absolute atomic E-state index is 0. The number of anilines is 1. The number of halogens is 1. The molecule has 6 nitrogen and oxygen atoms in total. The molecule has 0 amide bonds. The molecule has 0 aromatic heterocycles. The van der Waals surface area contributed by atoms with Crippen molar-refractivity contribution in [2.45, 2.75) is 25.7 Å². The third-order valence-electron chi connectivity index (χ3n) is 4.79. The number of nitrogens with one attached hydrogen (secondary N) is 1. The first-order valence-electron chi connectivity index (χ1n) is 8.64. The summed E-state index contributed by atoms with van der Waals surface area (Å²) in [6.45, 7) is 2.51. The number of guanidine groups is 1. The van der Waals surface area contributed by atoms with Crippen LogP contribution in [0, 0.1) is 0 Å². The van der Waals surface area contributed by atoms with Crippen molar-refractivity contribution in [2.24, 2.45) is 10.7 Å². The van der Waals surface area contributed by atoms with E-state index in [0.717, 1.165) is 25.1 Å². The number of rotatable bonds is 4. The Morgan fingerprint density at radius 3 is 2.68 bits per heavy atom. The van der Waals surface area contributed by atoms with Gasteiger partial charge in [0.15, 0.2) is 15.8 Å². The SMILES string of the molecule is I.NC(=NCCN1CCS(=O)(=O)CC1)Nc1cccc2c1CCCC2. The molecule has 1 aromatic rings. The molecule has 0 bridgehead atoms. The van der Waals surface area contributed by atoms with Crippen LogP contribution in [-0.4, -0.2) is 57.0 Å². The summed E-state index contributed by atoms with van der Waals surface area (Å²) >= 11 is 0. The second-order valence-electron chi connectivity index (χ2n) is 6.54. The molecule has 0 radical (unpaired) electrons. The lowest BCUT2D eigenvalue weighted by Gasteiger charge is -2.25. The van der Waals surface area contributed by atoms with E-state index >= 15 is 0 Å². The minimum atomic E-state index is -2.82. The summed E-state index contributed by atoms with van der Waals surface area (Å²) in [5.41, 5.74) is 9.86. The fourth-order valence-corrected chi connectivity index (χ4v) is 4.64. The Kier molecular flexibility index (Phi) is 7.51. The molecule has 1 heterocycles. The largest absolute Gasteiger partial charge is 0.370 e. The lowest BCUT2D eigenvalue weighted by Crippen LogP contribution is -2.41. The summed E-state index contributed by atoms with van der Waals surface area (Å²) in [5.74, 6) is 0.930. The van der Waals surface area contributed by atoms with Crippen molar-refractivity contribution in [1.29, 1.82) is 0 Å². The van der Waals surface area contributed by atoms with E-state index < -0.39 is 9.84 Å². The first kappa shape index (κ1) is 20.4. The van der Waals surface area contributed by atoms with Gasteiger partial charge in [0.2, 0.25) is 0 Å². The maximum atomic E-state index is 11.4. The van der Waals surface area contributed by atoms with E-state index in [1.165, 1.54) is 24.0 Å². The zero-order valence-corrected chi connectivity index (χ0v) is 17.6. The monoisotopic (exact) mass is 478 g/mol. The number of sulfone groups is 1. The van der Waals surface area contributed by atoms with Crippen LogP contribution in [0.4, 0.5) is 5.69 Å². The Hall–Kier alpha value is -0.870. The topological polar surface area (TPSA) is 87.8 Å². The molecule has 140 valence electrons. The van der Waals surface area contributed by atoms with Crippen LogP contribution in [0.3, 0.4) is 0 Å². The van der Waals surface area contributed by atoms with Crippen LogP contribution in [0.5, 0.6) is 0 Å². The molecule has 1 fully saturated rings. The number of fused-ring (bicyclic) bond motifs is 1. The summed E-state index contributed by atoms with van der Waals surface area (Å²) < 4.78 is 22.8. The van der Waals surface area contributed by atoms with Crippen LogP contribution >= 0.6 is 24.0 Å². The molecular formula is C17H27IN4O2S. The number of nitrogens with zero attached hydrogens (tertiary/aromatic N) is 2. The van der Waals surface area contributed by atoms with E-state index in [9.17, 15) is 8.42 Å². The fourth-order valence-electron chi connectivity index (χ4n) is 3.36. The number of hydrogen-bond donors (Lipinski definition) is 2. The molecule has 0 unspecified atom stereocenters. The van der Waals surface area contributed by atoms with Gasteiger partial charge in [0.25, 0.3) is 0 Å². The van der Waals surface area contributed by atoms with Crippen LogP contribution in [0.2, 0.25) is 0 Å². The number of hydrogen-bond acceptors (Lipinski definition) is 4. The van der Waals surface area contributed by atoms with E-state index in [0.29, 0.717) is 25.6 Å². The van der Waals surface area contributed by atoms with Crippen LogP contribution in [0.15, 0.2) is 23.2 Å². The average Bonchev–Trinajstić information content (AvgIpc) is 2.57. The lowest BCUT2D eigenvalue weighted by molar-refractivity contribution is 0.304. The molecule has 3 rings (SSSR count). The Labute approximate surface area is 167 Å². The van der Waals surface area contributed by atoms with Gasteiger partial charge in [-0.2, -0.15) is 0 Å². The first-order chi connectivity index (χ1) is 11.5. The first-order valence-corrected chi connectivity index (χ1v) is 10.5. The molecule has 1 saturated heterocycles. The van der Waals surface area contributed by atoms with E-state index in [2.05, 4.69) is 33.4 Å². The predicted molar refractivity (Wildman–Crippen MR) is 114 cm³/mol. The summed E-state index contributed by atoms with van der Waals surface area (Å²) in [6, 6.07) is 6.31. The van der Waals surface area contributed by atoms with E-state index in [4.69, 9.17) is 5.73 Å². The van der Waals surface area contributed by atoms with Crippen LogP contribution in [-0.2, 0) is 22.7 Å². The van der Waals surface area contributed by atoms with Crippen LogP contribution in [0.25, 0.3) is 0 Å². The highest BCUT2D eigenvalue weighted by molar-refractivity contribution is 14.0.